The summed E-state index contributed by atoms with van der Waals surface area (Å²) < 4.78 is 5.48. The first-order chi connectivity index (χ1) is 6.58. The maximum atomic E-state index is 5.48. The number of nitrogens with zero attached hydrogens (tertiary/aromatic N) is 1. The molecule has 0 saturated heterocycles. The Hall–Kier alpha value is -0.740. The van der Waals surface area contributed by atoms with E-state index < -0.39 is 0 Å². The second-order valence-corrected chi connectivity index (χ2v) is 4.73. The molecule has 0 aromatic heterocycles. The quantitative estimate of drug-likeness (QED) is 0.641. The zero-order valence-electron chi connectivity index (χ0n) is 9.42. The summed E-state index contributed by atoms with van der Waals surface area (Å²) in [6.07, 6.45) is 2.48. The predicted octanol–water partition coefficient (Wildman–Crippen LogP) is 0.309. The Morgan fingerprint density at radius 2 is 2.14 bits per heavy atom. The normalized spacial score (nSPS) is 24.8. The van der Waals surface area contributed by atoms with Gasteiger partial charge < -0.3 is 4.74 Å². The number of nitrogens with one attached hydrogen (secondary N) is 1. The molecule has 0 unspecified atom stereocenters. The fourth-order valence-electron chi connectivity index (χ4n) is 1.81. The topological polar surface area (TPSA) is 41.1 Å². The molecule has 1 aliphatic heterocycles. The summed E-state index contributed by atoms with van der Waals surface area (Å²) >= 11 is 0. The number of rotatable bonds is 3. The Labute approximate surface area is 85.2 Å². The molecule has 0 amide bonds. The number of methoxy groups -OCH3 is 1. The highest BCUT2D eigenvalue weighted by Gasteiger charge is 2.50. The largest absolute Gasteiger partial charge is 0.477 e. The van der Waals surface area contributed by atoms with E-state index in [-0.39, 0.29) is 5.54 Å². The van der Waals surface area contributed by atoms with Gasteiger partial charge in [-0.15, -0.1) is 0 Å². The number of allylic oxidation sites excluding steroid dienone is 1. The molecule has 0 aromatic carbocycles. The van der Waals surface area contributed by atoms with Crippen molar-refractivity contribution in [3.05, 3.63) is 11.6 Å². The zero-order valence-corrected chi connectivity index (χ0v) is 9.42. The van der Waals surface area contributed by atoms with Gasteiger partial charge in [-0.1, -0.05) is 19.4 Å². The van der Waals surface area contributed by atoms with Crippen LogP contribution in [0, 0.1) is 5.92 Å². The maximum Gasteiger partial charge on any atom is 0.269 e. The van der Waals surface area contributed by atoms with Crippen LogP contribution in [0.5, 0.6) is 0 Å². The van der Waals surface area contributed by atoms with Gasteiger partial charge in [0.2, 0.25) is 0 Å². The highest BCUT2D eigenvalue weighted by molar-refractivity contribution is 5.11. The summed E-state index contributed by atoms with van der Waals surface area (Å²) in [6.45, 7) is 6.63. The lowest BCUT2D eigenvalue weighted by Gasteiger charge is -2.23. The van der Waals surface area contributed by atoms with E-state index in [9.17, 15) is 0 Å². The van der Waals surface area contributed by atoms with Crippen molar-refractivity contribution in [2.45, 2.75) is 39.2 Å². The van der Waals surface area contributed by atoms with Crippen molar-refractivity contribution >= 4 is 0 Å². The SMILES string of the molecule is COC1=C(C(C)C)[NH2+]NN1C1(C)CC1. The summed E-state index contributed by atoms with van der Waals surface area (Å²) in [7, 11) is 1.75. The monoisotopic (exact) mass is 198 g/mol. The molecule has 2 rings (SSSR count). The molecule has 4 heteroatoms. The molecule has 3 N–H and O–H groups in total. The Kier molecular flexibility index (Phi) is 2.20. The first kappa shape index (κ1) is 9.80. The third-order valence-electron chi connectivity index (χ3n) is 3.13. The van der Waals surface area contributed by atoms with Crippen molar-refractivity contribution in [1.29, 1.82) is 0 Å². The van der Waals surface area contributed by atoms with Gasteiger partial charge in [-0.2, -0.15) is 0 Å². The molecule has 80 valence electrons. The third kappa shape index (κ3) is 1.38. The highest BCUT2D eigenvalue weighted by Crippen LogP contribution is 2.42. The van der Waals surface area contributed by atoms with Crippen molar-refractivity contribution in [1.82, 2.24) is 10.5 Å². The van der Waals surface area contributed by atoms with Crippen molar-refractivity contribution in [3.8, 4) is 0 Å². The second-order valence-electron chi connectivity index (χ2n) is 4.73. The molecule has 0 radical (unpaired) electrons. The number of nitrogens with two attached hydrogens (primary N) is 1. The minimum Gasteiger partial charge on any atom is -0.477 e. The number of quaternary nitrogens is 1. The molecule has 1 fully saturated rings. The van der Waals surface area contributed by atoms with E-state index in [2.05, 4.69) is 36.7 Å². The van der Waals surface area contributed by atoms with E-state index >= 15 is 0 Å². The molecule has 4 nitrogen and oxygen atoms in total. The van der Waals surface area contributed by atoms with Gasteiger partial charge in [-0.05, 0) is 19.8 Å². The summed E-state index contributed by atoms with van der Waals surface area (Å²) in [4.78, 5) is 0. The van der Waals surface area contributed by atoms with Crippen LogP contribution in [0.3, 0.4) is 0 Å². The second kappa shape index (κ2) is 3.14. The van der Waals surface area contributed by atoms with Crippen LogP contribution in [-0.4, -0.2) is 17.7 Å². The Bertz CT molecular complexity index is 269. The Morgan fingerprint density at radius 3 is 2.57 bits per heavy atom. The van der Waals surface area contributed by atoms with Crippen LogP contribution in [0.2, 0.25) is 0 Å². The van der Waals surface area contributed by atoms with E-state index in [4.69, 9.17) is 4.74 Å². The average molecular weight is 198 g/mol. The number of hydrazine groups is 1. The number of ether oxygens (including phenoxy) is 1. The molecule has 0 aromatic rings. The van der Waals surface area contributed by atoms with Crippen molar-refractivity contribution in [2.75, 3.05) is 7.11 Å². The van der Waals surface area contributed by atoms with Crippen LogP contribution >= 0.6 is 0 Å². The van der Waals surface area contributed by atoms with Gasteiger partial charge in [0.25, 0.3) is 5.88 Å². The minimum atomic E-state index is 0.276. The molecule has 0 spiro atoms. The van der Waals surface area contributed by atoms with Crippen LogP contribution in [-0.2, 0) is 4.74 Å². The maximum absolute atomic E-state index is 5.48. The van der Waals surface area contributed by atoms with Gasteiger partial charge in [0.15, 0.2) is 5.70 Å². The fourth-order valence-corrected chi connectivity index (χ4v) is 1.81. The van der Waals surface area contributed by atoms with Crippen LogP contribution < -0.4 is 11.0 Å². The van der Waals surface area contributed by atoms with E-state index in [1.54, 1.807) is 7.11 Å². The molecule has 1 aliphatic carbocycles. The number of hydrogen-bond donors (Lipinski definition) is 2. The van der Waals surface area contributed by atoms with Crippen LogP contribution in [0.4, 0.5) is 0 Å². The molecule has 1 heterocycles. The van der Waals surface area contributed by atoms with Crippen LogP contribution in [0.1, 0.15) is 33.6 Å². The van der Waals surface area contributed by atoms with Crippen molar-refractivity contribution < 1.29 is 10.2 Å². The molecule has 1 saturated carbocycles. The van der Waals surface area contributed by atoms with Gasteiger partial charge in [0.1, 0.15) is 0 Å². The fraction of sp³-hybridized carbons (Fsp3) is 0.800. The Morgan fingerprint density at radius 1 is 1.50 bits per heavy atom. The molecule has 0 atom stereocenters. The highest BCUT2D eigenvalue weighted by atomic mass is 16.5. The molecule has 14 heavy (non-hydrogen) atoms. The van der Waals surface area contributed by atoms with Gasteiger partial charge in [0, 0.05) is 5.92 Å². The van der Waals surface area contributed by atoms with E-state index in [1.807, 2.05) is 0 Å². The predicted molar refractivity (Wildman–Crippen MR) is 53.4 cm³/mol. The molecule has 0 bridgehead atoms. The van der Waals surface area contributed by atoms with E-state index in [1.165, 1.54) is 18.5 Å². The Balaban J connectivity index is 2.22. The van der Waals surface area contributed by atoms with E-state index in [0.717, 1.165) is 5.88 Å². The van der Waals surface area contributed by atoms with Crippen LogP contribution in [0.25, 0.3) is 0 Å². The minimum absolute atomic E-state index is 0.276. The molecular weight excluding hydrogens is 178 g/mol. The van der Waals surface area contributed by atoms with Gasteiger partial charge in [0.05, 0.1) is 12.6 Å². The smallest absolute Gasteiger partial charge is 0.269 e. The summed E-state index contributed by atoms with van der Waals surface area (Å²) in [6, 6.07) is 0. The summed E-state index contributed by atoms with van der Waals surface area (Å²) in [5.41, 5.74) is 6.90. The van der Waals surface area contributed by atoms with Crippen molar-refractivity contribution in [2.24, 2.45) is 5.92 Å². The van der Waals surface area contributed by atoms with Gasteiger partial charge >= 0.3 is 0 Å². The average Bonchev–Trinajstić information content (AvgIpc) is 2.74. The summed E-state index contributed by atoms with van der Waals surface area (Å²) in [5, 5.41) is 2.17. The zero-order chi connectivity index (χ0) is 10.3. The van der Waals surface area contributed by atoms with Crippen LogP contribution in [0.15, 0.2) is 11.6 Å². The van der Waals surface area contributed by atoms with Crippen molar-refractivity contribution in [3.63, 3.8) is 0 Å². The number of hydrogen-bond acceptors (Lipinski definition) is 3. The lowest BCUT2D eigenvalue weighted by atomic mass is 10.1. The van der Waals surface area contributed by atoms with Gasteiger partial charge in [-0.25, -0.2) is 10.4 Å². The first-order valence-corrected chi connectivity index (χ1v) is 5.26. The molecule has 2 aliphatic rings. The summed E-state index contributed by atoms with van der Waals surface area (Å²) in [5.74, 6) is 1.50. The first-order valence-electron chi connectivity index (χ1n) is 5.26. The lowest BCUT2D eigenvalue weighted by molar-refractivity contribution is -0.682. The lowest BCUT2D eigenvalue weighted by Crippen LogP contribution is -2.91. The molecular formula is C10H20N3O+. The van der Waals surface area contributed by atoms with Gasteiger partial charge in [-0.3, -0.25) is 0 Å². The van der Waals surface area contributed by atoms with E-state index in [0.29, 0.717) is 5.92 Å². The third-order valence-corrected chi connectivity index (χ3v) is 3.13. The standard InChI is InChI=1S/C10H19N3O/c1-7(2)8-9(14-4)13(12-11-8)10(3)5-6-10/h7,11-12H,5-6H2,1-4H3/p+1.